The highest BCUT2D eigenvalue weighted by molar-refractivity contribution is 5.67. The van der Waals surface area contributed by atoms with Crippen LogP contribution in [0.15, 0.2) is 0 Å². The van der Waals surface area contributed by atoms with Crippen LogP contribution in [0.2, 0.25) is 0 Å². The molecule has 0 saturated heterocycles. The molecule has 1 aliphatic rings. The van der Waals surface area contributed by atoms with Crippen molar-refractivity contribution in [2.24, 2.45) is 17.6 Å². The number of aliphatic carboxylic acids is 1. The fourth-order valence-electron chi connectivity index (χ4n) is 1.70. The van der Waals surface area contributed by atoms with Gasteiger partial charge in [-0.25, -0.2) is 0 Å². The second-order valence-corrected chi connectivity index (χ2v) is 4.25. The van der Waals surface area contributed by atoms with Crippen LogP contribution in [0.1, 0.15) is 39.0 Å². The van der Waals surface area contributed by atoms with Gasteiger partial charge in [0.25, 0.3) is 0 Å². The van der Waals surface area contributed by atoms with Crippen molar-refractivity contribution < 1.29 is 9.90 Å². The van der Waals surface area contributed by atoms with Gasteiger partial charge in [0.1, 0.15) is 0 Å². The minimum Gasteiger partial charge on any atom is -0.481 e. The summed E-state index contributed by atoms with van der Waals surface area (Å²) in [6.07, 6.45) is 4.76. The third kappa shape index (κ3) is 4.27. The zero-order valence-corrected chi connectivity index (χ0v) is 8.20. The molecular formula is C10H19NO2. The van der Waals surface area contributed by atoms with Crippen molar-refractivity contribution in [1.29, 1.82) is 0 Å². The van der Waals surface area contributed by atoms with Gasteiger partial charge in [-0.2, -0.15) is 0 Å². The number of hydrogen-bond acceptors (Lipinski definition) is 2. The van der Waals surface area contributed by atoms with Gasteiger partial charge in [-0.3, -0.25) is 4.79 Å². The van der Waals surface area contributed by atoms with Crippen LogP contribution in [0.3, 0.4) is 0 Å². The maximum absolute atomic E-state index is 10.3. The average Bonchev–Trinajstić information content (AvgIpc) is 2.80. The van der Waals surface area contributed by atoms with Crippen LogP contribution < -0.4 is 5.73 Å². The predicted octanol–water partition coefficient (Wildman–Crippen LogP) is 1.61. The van der Waals surface area contributed by atoms with Crippen molar-refractivity contribution >= 4 is 5.97 Å². The van der Waals surface area contributed by atoms with Crippen LogP contribution in [0.4, 0.5) is 0 Å². The van der Waals surface area contributed by atoms with Gasteiger partial charge in [-0.05, 0) is 37.5 Å². The molecule has 0 amide bonds. The Balaban J connectivity index is 2.06. The highest BCUT2D eigenvalue weighted by Gasteiger charge is 2.27. The van der Waals surface area contributed by atoms with Gasteiger partial charge in [0.2, 0.25) is 0 Å². The SMILES string of the molecule is C[C@H](CC[C@H](N)CC(=O)O)C1CC1. The molecule has 13 heavy (non-hydrogen) atoms. The van der Waals surface area contributed by atoms with Crippen molar-refractivity contribution in [3.8, 4) is 0 Å². The topological polar surface area (TPSA) is 63.3 Å². The molecule has 0 spiro atoms. The maximum atomic E-state index is 10.3. The molecule has 0 aliphatic heterocycles. The first-order valence-corrected chi connectivity index (χ1v) is 5.07. The second-order valence-electron chi connectivity index (χ2n) is 4.25. The molecule has 3 heteroatoms. The van der Waals surface area contributed by atoms with Crippen LogP contribution in [-0.4, -0.2) is 17.1 Å². The number of nitrogens with two attached hydrogens (primary N) is 1. The largest absolute Gasteiger partial charge is 0.481 e. The molecule has 1 saturated carbocycles. The lowest BCUT2D eigenvalue weighted by molar-refractivity contribution is -0.137. The normalized spacial score (nSPS) is 21.1. The average molecular weight is 185 g/mol. The van der Waals surface area contributed by atoms with E-state index in [1.54, 1.807) is 0 Å². The Morgan fingerprint density at radius 3 is 2.62 bits per heavy atom. The van der Waals surface area contributed by atoms with Gasteiger partial charge in [-0.1, -0.05) is 6.92 Å². The summed E-state index contributed by atoms with van der Waals surface area (Å²) >= 11 is 0. The van der Waals surface area contributed by atoms with E-state index in [9.17, 15) is 4.79 Å². The lowest BCUT2D eigenvalue weighted by atomic mass is 9.96. The molecule has 0 radical (unpaired) electrons. The second kappa shape index (κ2) is 4.61. The van der Waals surface area contributed by atoms with E-state index < -0.39 is 5.97 Å². The maximum Gasteiger partial charge on any atom is 0.304 e. The quantitative estimate of drug-likeness (QED) is 0.661. The third-order valence-electron chi connectivity index (χ3n) is 2.86. The highest BCUT2D eigenvalue weighted by atomic mass is 16.4. The number of carboxylic acids is 1. The fraction of sp³-hybridized carbons (Fsp3) is 0.900. The van der Waals surface area contributed by atoms with Gasteiger partial charge in [0.15, 0.2) is 0 Å². The summed E-state index contributed by atoms with van der Waals surface area (Å²) in [5.74, 6) is 0.850. The first kappa shape index (κ1) is 10.5. The molecule has 3 nitrogen and oxygen atoms in total. The Bertz CT molecular complexity index is 178. The van der Waals surface area contributed by atoms with Crippen molar-refractivity contribution in [2.75, 3.05) is 0 Å². The van der Waals surface area contributed by atoms with Crippen molar-refractivity contribution in [1.82, 2.24) is 0 Å². The van der Waals surface area contributed by atoms with Gasteiger partial charge in [-0.15, -0.1) is 0 Å². The Kier molecular flexibility index (Phi) is 3.72. The molecule has 0 heterocycles. The Morgan fingerprint density at radius 2 is 2.15 bits per heavy atom. The predicted molar refractivity (Wildman–Crippen MR) is 51.4 cm³/mol. The van der Waals surface area contributed by atoms with E-state index in [1.807, 2.05) is 0 Å². The summed E-state index contributed by atoms with van der Waals surface area (Å²) in [4.78, 5) is 10.3. The molecule has 3 N–H and O–H groups in total. The van der Waals surface area contributed by atoms with Gasteiger partial charge >= 0.3 is 5.97 Å². The van der Waals surface area contributed by atoms with Crippen LogP contribution >= 0.6 is 0 Å². The van der Waals surface area contributed by atoms with E-state index in [4.69, 9.17) is 10.8 Å². The minimum atomic E-state index is -0.786. The van der Waals surface area contributed by atoms with Gasteiger partial charge < -0.3 is 10.8 Å². The van der Waals surface area contributed by atoms with Gasteiger partial charge in [0, 0.05) is 6.04 Å². The number of rotatable bonds is 6. The molecule has 0 aromatic carbocycles. The molecule has 0 aromatic rings. The molecule has 0 bridgehead atoms. The van der Waals surface area contributed by atoms with Gasteiger partial charge in [0.05, 0.1) is 6.42 Å². The minimum absolute atomic E-state index is 0.109. The molecular weight excluding hydrogens is 166 g/mol. The van der Waals surface area contributed by atoms with Crippen LogP contribution in [0.5, 0.6) is 0 Å². The summed E-state index contributed by atoms with van der Waals surface area (Å²) < 4.78 is 0. The highest BCUT2D eigenvalue weighted by Crippen LogP contribution is 2.38. The molecule has 1 aliphatic carbocycles. The zero-order valence-electron chi connectivity index (χ0n) is 8.20. The van der Waals surface area contributed by atoms with E-state index in [2.05, 4.69) is 6.92 Å². The van der Waals surface area contributed by atoms with E-state index in [0.717, 1.165) is 24.7 Å². The summed E-state index contributed by atoms with van der Waals surface area (Å²) in [5.41, 5.74) is 5.66. The summed E-state index contributed by atoms with van der Waals surface area (Å²) in [5, 5.41) is 8.49. The van der Waals surface area contributed by atoms with E-state index in [0.29, 0.717) is 0 Å². The third-order valence-corrected chi connectivity index (χ3v) is 2.86. The monoisotopic (exact) mass is 185 g/mol. The lowest BCUT2D eigenvalue weighted by Gasteiger charge is -2.13. The number of hydrogen-bond donors (Lipinski definition) is 2. The summed E-state index contributed by atoms with van der Waals surface area (Å²) in [7, 11) is 0. The molecule has 0 aromatic heterocycles. The van der Waals surface area contributed by atoms with Crippen LogP contribution in [0, 0.1) is 11.8 Å². The van der Waals surface area contributed by atoms with Crippen molar-refractivity contribution in [3.63, 3.8) is 0 Å². The first-order chi connectivity index (χ1) is 6.09. The molecule has 76 valence electrons. The standard InChI is InChI=1S/C10H19NO2/c1-7(8-3-4-8)2-5-9(11)6-10(12)13/h7-9H,2-6,11H2,1H3,(H,12,13)/t7-,9+/m1/s1. The van der Waals surface area contributed by atoms with Crippen LogP contribution in [0.25, 0.3) is 0 Å². The zero-order chi connectivity index (χ0) is 9.84. The van der Waals surface area contributed by atoms with Crippen LogP contribution in [-0.2, 0) is 4.79 Å². The fourth-order valence-corrected chi connectivity index (χ4v) is 1.70. The summed E-state index contributed by atoms with van der Waals surface area (Å²) in [6.45, 7) is 2.24. The smallest absolute Gasteiger partial charge is 0.304 e. The molecule has 1 rings (SSSR count). The Labute approximate surface area is 79.3 Å². The Morgan fingerprint density at radius 1 is 1.54 bits per heavy atom. The number of carbonyl (C=O) groups is 1. The first-order valence-electron chi connectivity index (χ1n) is 5.07. The molecule has 0 unspecified atom stereocenters. The summed E-state index contributed by atoms with van der Waals surface area (Å²) in [6, 6.07) is -0.154. The Hall–Kier alpha value is -0.570. The molecule has 2 atom stereocenters. The van der Waals surface area contributed by atoms with E-state index >= 15 is 0 Å². The number of carboxylic acid groups (broad SMARTS) is 1. The molecule has 1 fully saturated rings. The van der Waals surface area contributed by atoms with E-state index in [1.165, 1.54) is 12.8 Å². The lowest BCUT2D eigenvalue weighted by Crippen LogP contribution is -2.24. The van der Waals surface area contributed by atoms with Crippen molar-refractivity contribution in [3.05, 3.63) is 0 Å². The van der Waals surface area contributed by atoms with Crippen molar-refractivity contribution in [2.45, 2.75) is 45.1 Å². The van der Waals surface area contributed by atoms with E-state index in [-0.39, 0.29) is 12.5 Å².